The monoisotopic (exact) mass is 327 g/mol. The van der Waals surface area contributed by atoms with Crippen molar-refractivity contribution >= 4 is 16.5 Å². The van der Waals surface area contributed by atoms with Gasteiger partial charge in [-0.1, -0.05) is 0 Å². The van der Waals surface area contributed by atoms with Crippen molar-refractivity contribution in [3.05, 3.63) is 11.6 Å². The molecular formula is C15H25N3O3S. The van der Waals surface area contributed by atoms with Crippen LogP contribution in [0.15, 0.2) is 11.6 Å². The van der Waals surface area contributed by atoms with Gasteiger partial charge in [-0.2, -0.15) is 0 Å². The first kappa shape index (κ1) is 16.1. The number of aliphatic hydroxyl groups is 1. The quantitative estimate of drug-likeness (QED) is 0.800. The highest BCUT2D eigenvalue weighted by atomic mass is 32.1. The molecule has 1 aromatic heterocycles. The second-order valence-corrected chi connectivity index (χ2v) is 6.80. The van der Waals surface area contributed by atoms with Gasteiger partial charge in [0.2, 0.25) is 0 Å². The third-order valence-electron chi connectivity index (χ3n) is 4.17. The Hall–Kier alpha value is -0.730. The first-order valence-electron chi connectivity index (χ1n) is 8.05. The Kier molecular flexibility index (Phi) is 6.03. The van der Waals surface area contributed by atoms with Crippen LogP contribution in [0.25, 0.3) is 0 Å². The summed E-state index contributed by atoms with van der Waals surface area (Å²) < 4.78 is 11.1. The van der Waals surface area contributed by atoms with E-state index >= 15 is 0 Å². The van der Waals surface area contributed by atoms with E-state index in [1.807, 2.05) is 11.6 Å². The van der Waals surface area contributed by atoms with Crippen LogP contribution < -0.4 is 4.90 Å². The lowest BCUT2D eigenvalue weighted by Gasteiger charge is -2.35. The van der Waals surface area contributed by atoms with Crippen LogP contribution in [0.5, 0.6) is 0 Å². The number of thiazole rings is 1. The lowest BCUT2D eigenvalue weighted by atomic mass is 10.2. The topological polar surface area (TPSA) is 58.1 Å². The number of hydrogen-bond acceptors (Lipinski definition) is 7. The molecule has 2 aliphatic heterocycles. The van der Waals surface area contributed by atoms with Crippen LogP contribution in [0.2, 0.25) is 0 Å². The zero-order valence-electron chi connectivity index (χ0n) is 12.9. The summed E-state index contributed by atoms with van der Waals surface area (Å²) in [6, 6.07) is 0. The van der Waals surface area contributed by atoms with Gasteiger partial charge in [0.05, 0.1) is 25.4 Å². The van der Waals surface area contributed by atoms with E-state index in [-0.39, 0.29) is 6.10 Å². The van der Waals surface area contributed by atoms with Crippen molar-refractivity contribution in [1.29, 1.82) is 0 Å². The Morgan fingerprint density at radius 3 is 2.95 bits per heavy atom. The standard InChI is InChI=1S/C15H25N3O3S/c19-13(11-20-12-14-2-1-8-21-14)10-17-4-6-18(7-5-17)15-16-3-9-22-15/h3,9,13-14,19H,1-2,4-8,10-12H2/t13-,14-/m0/s1. The summed E-state index contributed by atoms with van der Waals surface area (Å²) in [5.74, 6) is 0. The minimum atomic E-state index is -0.423. The number of hydrogen-bond donors (Lipinski definition) is 1. The molecule has 0 spiro atoms. The molecule has 0 aromatic carbocycles. The fourth-order valence-electron chi connectivity index (χ4n) is 2.96. The molecule has 2 saturated heterocycles. The van der Waals surface area contributed by atoms with Crippen molar-refractivity contribution in [3.8, 4) is 0 Å². The van der Waals surface area contributed by atoms with Crippen molar-refractivity contribution in [1.82, 2.24) is 9.88 Å². The lowest BCUT2D eigenvalue weighted by Crippen LogP contribution is -2.49. The number of nitrogens with zero attached hydrogens (tertiary/aromatic N) is 3. The fraction of sp³-hybridized carbons (Fsp3) is 0.800. The summed E-state index contributed by atoms with van der Waals surface area (Å²) in [4.78, 5) is 8.95. The highest BCUT2D eigenvalue weighted by molar-refractivity contribution is 7.13. The Bertz CT molecular complexity index is 418. The van der Waals surface area contributed by atoms with E-state index < -0.39 is 6.10 Å². The van der Waals surface area contributed by atoms with Crippen molar-refractivity contribution in [2.45, 2.75) is 25.0 Å². The molecule has 0 amide bonds. The average Bonchev–Trinajstić information content (AvgIpc) is 3.21. The third-order valence-corrected chi connectivity index (χ3v) is 5.00. The highest BCUT2D eigenvalue weighted by Gasteiger charge is 2.21. The van der Waals surface area contributed by atoms with Crippen LogP contribution in [-0.4, -0.2) is 79.7 Å². The van der Waals surface area contributed by atoms with Gasteiger partial charge in [0.25, 0.3) is 0 Å². The van der Waals surface area contributed by atoms with Crippen LogP contribution in [-0.2, 0) is 9.47 Å². The van der Waals surface area contributed by atoms with Crippen LogP contribution in [0, 0.1) is 0 Å². The van der Waals surface area contributed by atoms with E-state index in [4.69, 9.17) is 9.47 Å². The number of rotatable bonds is 7. The van der Waals surface area contributed by atoms with Gasteiger partial charge >= 0.3 is 0 Å². The summed E-state index contributed by atoms with van der Waals surface area (Å²) in [5, 5.41) is 13.2. The predicted octanol–water partition coefficient (Wildman–Crippen LogP) is 0.822. The predicted molar refractivity (Wildman–Crippen MR) is 86.6 cm³/mol. The molecule has 2 atom stereocenters. The molecule has 124 valence electrons. The summed E-state index contributed by atoms with van der Waals surface area (Å²) in [6.45, 7) is 6.39. The van der Waals surface area contributed by atoms with Gasteiger partial charge in [0.1, 0.15) is 0 Å². The Morgan fingerprint density at radius 2 is 2.27 bits per heavy atom. The zero-order valence-corrected chi connectivity index (χ0v) is 13.7. The number of β-amino-alcohol motifs (C(OH)–C–C–N with tert-alkyl or cyclic N) is 1. The molecule has 0 aliphatic carbocycles. The molecule has 22 heavy (non-hydrogen) atoms. The van der Waals surface area contributed by atoms with E-state index in [0.717, 1.165) is 50.8 Å². The van der Waals surface area contributed by atoms with E-state index in [1.54, 1.807) is 11.3 Å². The van der Waals surface area contributed by atoms with Crippen molar-refractivity contribution < 1.29 is 14.6 Å². The molecule has 0 unspecified atom stereocenters. The first-order valence-corrected chi connectivity index (χ1v) is 8.93. The molecule has 0 bridgehead atoms. The lowest BCUT2D eigenvalue weighted by molar-refractivity contribution is -0.0254. The SMILES string of the molecule is O[C@H](COC[C@@H]1CCCO1)CN1CCN(c2nccs2)CC1. The molecule has 0 radical (unpaired) electrons. The molecule has 0 saturated carbocycles. The molecule has 2 aliphatic rings. The number of piperazine rings is 1. The highest BCUT2D eigenvalue weighted by Crippen LogP contribution is 2.19. The first-order chi connectivity index (χ1) is 10.8. The van der Waals surface area contributed by atoms with E-state index in [0.29, 0.717) is 19.8 Å². The minimum Gasteiger partial charge on any atom is -0.389 e. The van der Waals surface area contributed by atoms with Crippen molar-refractivity contribution in [2.75, 3.05) is 57.4 Å². The molecule has 1 N–H and O–H groups in total. The average molecular weight is 327 g/mol. The van der Waals surface area contributed by atoms with Crippen LogP contribution in [0.4, 0.5) is 5.13 Å². The van der Waals surface area contributed by atoms with E-state index in [2.05, 4.69) is 14.8 Å². The summed E-state index contributed by atoms with van der Waals surface area (Å²) in [6.07, 6.45) is 3.86. The third kappa shape index (κ3) is 4.63. The molecule has 6 nitrogen and oxygen atoms in total. The maximum Gasteiger partial charge on any atom is 0.185 e. The van der Waals surface area contributed by atoms with Gasteiger partial charge < -0.3 is 19.5 Å². The Balaban J connectivity index is 1.30. The summed E-state index contributed by atoms with van der Waals surface area (Å²) in [7, 11) is 0. The summed E-state index contributed by atoms with van der Waals surface area (Å²) >= 11 is 1.68. The van der Waals surface area contributed by atoms with Crippen LogP contribution in [0.1, 0.15) is 12.8 Å². The number of aliphatic hydroxyl groups excluding tert-OH is 1. The van der Waals surface area contributed by atoms with Crippen molar-refractivity contribution in [3.63, 3.8) is 0 Å². The van der Waals surface area contributed by atoms with Crippen molar-refractivity contribution in [2.24, 2.45) is 0 Å². The number of ether oxygens (including phenoxy) is 2. The maximum absolute atomic E-state index is 10.1. The molecule has 2 fully saturated rings. The van der Waals surface area contributed by atoms with Crippen LogP contribution >= 0.6 is 11.3 Å². The zero-order chi connectivity index (χ0) is 15.2. The van der Waals surface area contributed by atoms with Gasteiger partial charge in [-0.3, -0.25) is 4.90 Å². The molecule has 1 aromatic rings. The number of aromatic nitrogens is 1. The Labute approximate surface area is 135 Å². The largest absolute Gasteiger partial charge is 0.389 e. The van der Waals surface area contributed by atoms with Gasteiger partial charge in [0.15, 0.2) is 5.13 Å². The second kappa shape index (κ2) is 8.21. The molecular weight excluding hydrogens is 302 g/mol. The molecule has 7 heteroatoms. The molecule has 3 heterocycles. The van der Waals surface area contributed by atoms with Gasteiger partial charge in [-0.05, 0) is 12.8 Å². The van der Waals surface area contributed by atoms with Gasteiger partial charge in [-0.25, -0.2) is 4.98 Å². The normalized spacial score (nSPS) is 24.8. The van der Waals surface area contributed by atoms with Gasteiger partial charge in [-0.15, -0.1) is 11.3 Å². The van der Waals surface area contributed by atoms with E-state index in [9.17, 15) is 5.11 Å². The maximum atomic E-state index is 10.1. The minimum absolute atomic E-state index is 0.231. The number of anilines is 1. The van der Waals surface area contributed by atoms with E-state index in [1.165, 1.54) is 0 Å². The molecule has 3 rings (SSSR count). The Morgan fingerprint density at radius 1 is 1.41 bits per heavy atom. The fourth-order valence-corrected chi connectivity index (χ4v) is 3.65. The van der Waals surface area contributed by atoms with Gasteiger partial charge in [0, 0.05) is 50.9 Å². The van der Waals surface area contributed by atoms with Crippen LogP contribution in [0.3, 0.4) is 0 Å². The smallest absolute Gasteiger partial charge is 0.185 e. The second-order valence-electron chi connectivity index (χ2n) is 5.93. The summed E-state index contributed by atoms with van der Waals surface area (Å²) in [5.41, 5.74) is 0.